The molecule has 2 aromatic rings. The molecular formula is C12H11FN4O. The van der Waals surface area contributed by atoms with Crippen LogP contribution in [0.2, 0.25) is 0 Å². The highest BCUT2D eigenvalue weighted by Gasteiger charge is 2.22. The van der Waals surface area contributed by atoms with Gasteiger partial charge in [0.25, 0.3) is 5.91 Å². The number of rotatable bonds is 1. The smallest absolute Gasteiger partial charge is 0.254 e. The van der Waals surface area contributed by atoms with Crippen molar-refractivity contribution in [3.05, 3.63) is 47.8 Å². The highest BCUT2D eigenvalue weighted by atomic mass is 19.1. The number of hydrogen-bond acceptors (Lipinski definition) is 3. The lowest BCUT2D eigenvalue weighted by atomic mass is 10.2. The maximum absolute atomic E-state index is 12.8. The third-order valence-corrected chi connectivity index (χ3v) is 3.02. The van der Waals surface area contributed by atoms with Gasteiger partial charge in [-0.05, 0) is 24.3 Å². The Morgan fingerprint density at radius 3 is 2.78 bits per heavy atom. The minimum Gasteiger partial charge on any atom is -0.329 e. The van der Waals surface area contributed by atoms with Crippen LogP contribution in [-0.2, 0) is 13.1 Å². The lowest BCUT2D eigenvalue weighted by Crippen LogP contribution is -2.38. The second-order valence-corrected chi connectivity index (χ2v) is 4.17. The quantitative estimate of drug-likeness (QED) is 0.756. The average molecular weight is 246 g/mol. The second-order valence-electron chi connectivity index (χ2n) is 4.17. The van der Waals surface area contributed by atoms with Gasteiger partial charge < -0.3 is 9.47 Å². The third-order valence-electron chi connectivity index (χ3n) is 3.02. The summed E-state index contributed by atoms with van der Waals surface area (Å²) < 4.78 is 14.7. The summed E-state index contributed by atoms with van der Waals surface area (Å²) in [6.45, 7) is 1.74. The summed E-state index contributed by atoms with van der Waals surface area (Å²) in [5, 5.41) is 7.76. The van der Waals surface area contributed by atoms with Crippen LogP contribution < -0.4 is 0 Å². The van der Waals surface area contributed by atoms with E-state index in [2.05, 4.69) is 10.2 Å². The number of halogens is 1. The van der Waals surface area contributed by atoms with Crippen LogP contribution >= 0.6 is 0 Å². The number of fused-ring (bicyclic) bond motifs is 1. The number of hydrogen-bond donors (Lipinski definition) is 0. The van der Waals surface area contributed by atoms with Gasteiger partial charge in [-0.1, -0.05) is 0 Å². The molecule has 2 heterocycles. The minimum absolute atomic E-state index is 0.107. The molecular weight excluding hydrogens is 235 g/mol. The van der Waals surface area contributed by atoms with Crippen molar-refractivity contribution in [2.45, 2.75) is 13.1 Å². The fourth-order valence-corrected chi connectivity index (χ4v) is 2.01. The monoisotopic (exact) mass is 246 g/mol. The number of amides is 1. The lowest BCUT2D eigenvalue weighted by Gasteiger charge is -2.27. The van der Waals surface area contributed by atoms with Gasteiger partial charge in [0.05, 0.1) is 6.54 Å². The molecule has 6 heteroatoms. The molecule has 92 valence electrons. The standard InChI is InChI=1S/C12H11FN4O/c13-10-3-1-9(2-4-10)12(18)16-5-6-17-8-14-15-11(17)7-16/h1-4,8H,5-7H2. The Kier molecular flexibility index (Phi) is 2.55. The molecule has 0 unspecified atom stereocenters. The van der Waals surface area contributed by atoms with Crippen molar-refractivity contribution in [2.24, 2.45) is 0 Å². The first-order valence-electron chi connectivity index (χ1n) is 5.65. The molecule has 0 aliphatic carbocycles. The summed E-state index contributed by atoms with van der Waals surface area (Å²) in [4.78, 5) is 13.9. The van der Waals surface area contributed by atoms with Gasteiger partial charge in [-0.25, -0.2) is 4.39 Å². The fourth-order valence-electron chi connectivity index (χ4n) is 2.01. The van der Waals surface area contributed by atoms with E-state index in [1.165, 1.54) is 24.3 Å². The van der Waals surface area contributed by atoms with Crippen LogP contribution in [-0.4, -0.2) is 32.1 Å². The van der Waals surface area contributed by atoms with Gasteiger partial charge in [-0.15, -0.1) is 10.2 Å². The molecule has 0 saturated carbocycles. The molecule has 0 N–H and O–H groups in total. The number of carbonyl (C=O) groups is 1. The van der Waals surface area contributed by atoms with Crippen molar-refractivity contribution >= 4 is 5.91 Å². The predicted molar refractivity (Wildman–Crippen MR) is 61.2 cm³/mol. The molecule has 1 aliphatic rings. The second kappa shape index (κ2) is 4.21. The van der Waals surface area contributed by atoms with E-state index < -0.39 is 0 Å². The number of carbonyl (C=O) groups excluding carboxylic acids is 1. The summed E-state index contributed by atoms with van der Waals surface area (Å²) in [5.41, 5.74) is 0.490. The van der Waals surface area contributed by atoms with Crippen LogP contribution in [0.4, 0.5) is 4.39 Å². The van der Waals surface area contributed by atoms with E-state index in [0.717, 1.165) is 5.82 Å². The Morgan fingerprint density at radius 2 is 2.00 bits per heavy atom. The summed E-state index contributed by atoms with van der Waals surface area (Å²) in [7, 11) is 0. The van der Waals surface area contributed by atoms with Crippen LogP contribution in [0.25, 0.3) is 0 Å². The van der Waals surface area contributed by atoms with Crippen molar-refractivity contribution in [1.82, 2.24) is 19.7 Å². The van der Waals surface area contributed by atoms with E-state index in [1.54, 1.807) is 11.2 Å². The number of benzene rings is 1. The maximum Gasteiger partial charge on any atom is 0.254 e. The van der Waals surface area contributed by atoms with Crippen LogP contribution in [0.3, 0.4) is 0 Å². The van der Waals surface area contributed by atoms with E-state index in [4.69, 9.17) is 0 Å². The molecule has 3 rings (SSSR count). The molecule has 5 nitrogen and oxygen atoms in total. The molecule has 0 fully saturated rings. The molecule has 1 aromatic carbocycles. The van der Waals surface area contributed by atoms with Crippen LogP contribution in [0, 0.1) is 5.82 Å². The molecule has 0 radical (unpaired) electrons. The van der Waals surface area contributed by atoms with Crippen LogP contribution in [0.15, 0.2) is 30.6 Å². The highest BCUT2D eigenvalue weighted by Crippen LogP contribution is 2.13. The maximum atomic E-state index is 12.8. The largest absolute Gasteiger partial charge is 0.329 e. The minimum atomic E-state index is -0.343. The van der Waals surface area contributed by atoms with Crippen molar-refractivity contribution in [3.8, 4) is 0 Å². The summed E-state index contributed by atoms with van der Waals surface area (Å²) in [6, 6.07) is 5.58. The van der Waals surface area contributed by atoms with Crippen molar-refractivity contribution < 1.29 is 9.18 Å². The predicted octanol–water partition coefficient (Wildman–Crippen LogP) is 1.07. The molecule has 0 bridgehead atoms. The molecule has 0 spiro atoms. The van der Waals surface area contributed by atoms with E-state index in [-0.39, 0.29) is 11.7 Å². The first-order chi connectivity index (χ1) is 8.74. The number of aromatic nitrogens is 3. The molecule has 1 aromatic heterocycles. The summed E-state index contributed by atoms with van der Waals surface area (Å²) in [6.07, 6.45) is 1.66. The molecule has 0 atom stereocenters. The summed E-state index contributed by atoms with van der Waals surface area (Å²) in [5.74, 6) is 0.325. The Morgan fingerprint density at radius 1 is 1.22 bits per heavy atom. The first-order valence-corrected chi connectivity index (χ1v) is 5.65. The molecule has 1 aliphatic heterocycles. The first kappa shape index (κ1) is 10.9. The van der Waals surface area contributed by atoms with Crippen molar-refractivity contribution in [2.75, 3.05) is 6.54 Å². The van der Waals surface area contributed by atoms with E-state index in [0.29, 0.717) is 25.2 Å². The van der Waals surface area contributed by atoms with Crippen molar-refractivity contribution in [1.29, 1.82) is 0 Å². The number of nitrogens with zero attached hydrogens (tertiary/aromatic N) is 4. The Balaban J connectivity index is 1.80. The topological polar surface area (TPSA) is 51.0 Å². The zero-order chi connectivity index (χ0) is 12.5. The van der Waals surface area contributed by atoms with Crippen LogP contribution in [0.5, 0.6) is 0 Å². The van der Waals surface area contributed by atoms with Gasteiger partial charge in [0, 0.05) is 18.7 Å². The average Bonchev–Trinajstić information content (AvgIpc) is 2.86. The Bertz CT molecular complexity index is 578. The normalized spacial score (nSPS) is 14.4. The Hall–Kier alpha value is -2.24. The zero-order valence-corrected chi connectivity index (χ0v) is 9.58. The highest BCUT2D eigenvalue weighted by molar-refractivity contribution is 5.94. The fraction of sp³-hybridized carbons (Fsp3) is 0.250. The van der Waals surface area contributed by atoms with Gasteiger partial charge in [-0.2, -0.15) is 0 Å². The SMILES string of the molecule is O=C(c1ccc(F)cc1)N1CCn2cnnc2C1. The Labute approximate surface area is 103 Å². The van der Waals surface area contributed by atoms with Gasteiger partial charge in [0.1, 0.15) is 12.1 Å². The molecule has 0 saturated heterocycles. The molecule has 18 heavy (non-hydrogen) atoms. The van der Waals surface area contributed by atoms with Crippen LogP contribution in [0.1, 0.15) is 16.2 Å². The van der Waals surface area contributed by atoms with Gasteiger partial charge in [-0.3, -0.25) is 4.79 Å². The van der Waals surface area contributed by atoms with E-state index in [9.17, 15) is 9.18 Å². The van der Waals surface area contributed by atoms with Gasteiger partial charge >= 0.3 is 0 Å². The van der Waals surface area contributed by atoms with E-state index >= 15 is 0 Å². The summed E-state index contributed by atoms with van der Waals surface area (Å²) >= 11 is 0. The van der Waals surface area contributed by atoms with Crippen molar-refractivity contribution in [3.63, 3.8) is 0 Å². The van der Waals surface area contributed by atoms with Gasteiger partial charge in [0.2, 0.25) is 0 Å². The third kappa shape index (κ3) is 1.85. The zero-order valence-electron chi connectivity index (χ0n) is 9.58. The van der Waals surface area contributed by atoms with E-state index in [1.807, 2.05) is 4.57 Å². The van der Waals surface area contributed by atoms with Gasteiger partial charge in [0.15, 0.2) is 5.82 Å². The lowest BCUT2D eigenvalue weighted by molar-refractivity contribution is 0.0707. The molecule has 1 amide bonds.